The first-order valence-corrected chi connectivity index (χ1v) is 8.53. The molecular formula is C15H13N3O3S2. The van der Waals surface area contributed by atoms with Crippen molar-refractivity contribution in [3.8, 4) is 0 Å². The van der Waals surface area contributed by atoms with Crippen LogP contribution in [-0.4, -0.2) is 26.5 Å². The number of thiophene rings is 1. The van der Waals surface area contributed by atoms with Crippen molar-refractivity contribution in [2.75, 3.05) is 0 Å². The number of carbonyl (C=O) groups is 2. The maximum atomic E-state index is 12.3. The fourth-order valence-corrected chi connectivity index (χ4v) is 3.48. The third-order valence-corrected chi connectivity index (χ3v) is 4.85. The molecule has 0 aromatic carbocycles. The molecule has 0 bridgehead atoms. The molecule has 1 amide bonds. The lowest BCUT2D eigenvalue weighted by molar-refractivity contribution is 0.0691. The zero-order valence-corrected chi connectivity index (χ0v) is 13.6. The molecule has 0 aliphatic rings. The van der Waals surface area contributed by atoms with E-state index in [1.165, 1.54) is 21.6 Å². The predicted molar refractivity (Wildman–Crippen MR) is 88.1 cm³/mol. The summed E-state index contributed by atoms with van der Waals surface area (Å²) in [6.45, 7) is 0.856. The molecule has 0 aliphatic heterocycles. The van der Waals surface area contributed by atoms with E-state index in [1.807, 2.05) is 34.3 Å². The number of hydrogen-bond donors (Lipinski definition) is 2. The van der Waals surface area contributed by atoms with Gasteiger partial charge in [0, 0.05) is 16.5 Å². The van der Waals surface area contributed by atoms with Gasteiger partial charge in [-0.05, 0) is 23.6 Å². The van der Waals surface area contributed by atoms with Crippen LogP contribution in [0.25, 0.3) is 0 Å². The van der Waals surface area contributed by atoms with Gasteiger partial charge >= 0.3 is 5.97 Å². The summed E-state index contributed by atoms with van der Waals surface area (Å²) in [7, 11) is 0. The molecule has 0 atom stereocenters. The number of carbonyl (C=O) groups excluding carboxylic acids is 1. The van der Waals surface area contributed by atoms with Crippen molar-refractivity contribution < 1.29 is 14.7 Å². The van der Waals surface area contributed by atoms with Gasteiger partial charge in [-0.2, -0.15) is 0 Å². The highest BCUT2D eigenvalue weighted by molar-refractivity contribution is 7.10. The standard InChI is InChI=1S/C15H13N3O3S2/c19-14(16-7-13-17-11(9-23-13)15(20)21)12-4-1-5-18(12)8-10-3-2-6-22-10/h1-6,9H,7-8H2,(H,16,19)(H,20,21). The van der Waals surface area contributed by atoms with Crippen molar-refractivity contribution in [3.05, 3.63) is 62.5 Å². The van der Waals surface area contributed by atoms with Crippen molar-refractivity contribution in [2.24, 2.45) is 0 Å². The molecule has 2 N–H and O–H groups in total. The van der Waals surface area contributed by atoms with Crippen LogP contribution in [0.1, 0.15) is 30.9 Å². The summed E-state index contributed by atoms with van der Waals surface area (Å²) < 4.78 is 1.88. The Morgan fingerprint density at radius 3 is 2.83 bits per heavy atom. The summed E-state index contributed by atoms with van der Waals surface area (Å²) in [6, 6.07) is 7.59. The van der Waals surface area contributed by atoms with Gasteiger partial charge < -0.3 is 15.0 Å². The molecule has 23 heavy (non-hydrogen) atoms. The first-order valence-electron chi connectivity index (χ1n) is 6.77. The lowest BCUT2D eigenvalue weighted by Crippen LogP contribution is -2.25. The third kappa shape index (κ3) is 3.66. The predicted octanol–water partition coefficient (Wildman–Crippen LogP) is 2.68. The van der Waals surface area contributed by atoms with E-state index in [2.05, 4.69) is 10.3 Å². The van der Waals surface area contributed by atoms with Crippen LogP contribution in [0.15, 0.2) is 41.2 Å². The van der Waals surface area contributed by atoms with Crippen molar-refractivity contribution in [3.63, 3.8) is 0 Å². The molecule has 3 heterocycles. The summed E-state index contributed by atoms with van der Waals surface area (Å²) in [5, 5.41) is 15.6. The minimum absolute atomic E-state index is 0.000296. The van der Waals surface area contributed by atoms with Crippen LogP contribution in [0.4, 0.5) is 0 Å². The monoisotopic (exact) mass is 347 g/mol. The summed E-state index contributed by atoms with van der Waals surface area (Å²) >= 11 is 2.85. The lowest BCUT2D eigenvalue weighted by Gasteiger charge is -2.08. The van der Waals surface area contributed by atoms with E-state index in [1.54, 1.807) is 17.4 Å². The van der Waals surface area contributed by atoms with Crippen molar-refractivity contribution in [1.82, 2.24) is 14.9 Å². The van der Waals surface area contributed by atoms with Gasteiger partial charge in [-0.25, -0.2) is 9.78 Å². The average molecular weight is 347 g/mol. The van der Waals surface area contributed by atoms with Gasteiger partial charge in [0.05, 0.1) is 13.1 Å². The van der Waals surface area contributed by atoms with E-state index in [4.69, 9.17) is 5.11 Å². The topological polar surface area (TPSA) is 84.2 Å². The highest BCUT2D eigenvalue weighted by Gasteiger charge is 2.13. The second kappa shape index (κ2) is 6.76. The molecular weight excluding hydrogens is 334 g/mol. The highest BCUT2D eigenvalue weighted by Crippen LogP contribution is 2.14. The van der Waals surface area contributed by atoms with Crippen LogP contribution >= 0.6 is 22.7 Å². The van der Waals surface area contributed by atoms with Crippen LogP contribution in [0.2, 0.25) is 0 Å². The summed E-state index contributed by atoms with van der Waals surface area (Å²) in [5.41, 5.74) is 0.564. The van der Waals surface area contributed by atoms with Crippen LogP contribution in [0.3, 0.4) is 0 Å². The molecule has 8 heteroatoms. The van der Waals surface area contributed by atoms with Gasteiger partial charge in [0.25, 0.3) is 5.91 Å². The Labute approximate surface area is 140 Å². The number of nitrogens with one attached hydrogen (secondary N) is 1. The molecule has 3 aromatic rings. The highest BCUT2D eigenvalue weighted by atomic mass is 32.1. The number of rotatable bonds is 6. The summed E-state index contributed by atoms with van der Waals surface area (Å²) in [5.74, 6) is -1.28. The van der Waals surface area contributed by atoms with Crippen LogP contribution in [0, 0.1) is 0 Å². The summed E-state index contributed by atoms with van der Waals surface area (Å²) in [4.78, 5) is 28.2. The lowest BCUT2D eigenvalue weighted by atomic mass is 10.3. The molecule has 6 nitrogen and oxygen atoms in total. The van der Waals surface area contributed by atoms with Crippen molar-refractivity contribution in [1.29, 1.82) is 0 Å². The minimum atomic E-state index is -1.07. The van der Waals surface area contributed by atoms with Gasteiger partial charge in [-0.1, -0.05) is 6.07 Å². The van der Waals surface area contributed by atoms with Gasteiger partial charge in [0.1, 0.15) is 10.7 Å². The molecule has 3 rings (SSSR count). The van der Waals surface area contributed by atoms with Gasteiger partial charge in [-0.3, -0.25) is 4.79 Å². The van der Waals surface area contributed by atoms with Crippen molar-refractivity contribution >= 4 is 34.6 Å². The molecule has 0 saturated carbocycles. The first kappa shape index (κ1) is 15.4. The van der Waals surface area contributed by atoms with Gasteiger partial charge in [0.2, 0.25) is 0 Å². The number of carboxylic acid groups (broad SMARTS) is 1. The van der Waals surface area contributed by atoms with E-state index in [0.717, 1.165) is 0 Å². The minimum Gasteiger partial charge on any atom is -0.476 e. The molecule has 3 aromatic heterocycles. The van der Waals surface area contributed by atoms with Crippen LogP contribution < -0.4 is 5.32 Å². The summed E-state index contributed by atoms with van der Waals surface area (Å²) in [6.07, 6.45) is 1.86. The fourth-order valence-electron chi connectivity index (χ4n) is 2.07. The molecule has 0 saturated heterocycles. The Bertz CT molecular complexity index is 821. The van der Waals surface area contributed by atoms with E-state index in [0.29, 0.717) is 17.2 Å². The quantitative estimate of drug-likeness (QED) is 0.718. The Kier molecular flexibility index (Phi) is 4.54. The van der Waals surface area contributed by atoms with Crippen LogP contribution in [0.5, 0.6) is 0 Å². The second-order valence-corrected chi connectivity index (χ2v) is 6.69. The van der Waals surface area contributed by atoms with E-state index >= 15 is 0 Å². The van der Waals surface area contributed by atoms with E-state index in [-0.39, 0.29) is 18.1 Å². The average Bonchev–Trinajstić information content (AvgIpc) is 3.27. The third-order valence-electron chi connectivity index (χ3n) is 3.14. The number of hydrogen-bond acceptors (Lipinski definition) is 5. The Hall–Kier alpha value is -2.45. The molecule has 0 radical (unpaired) electrons. The molecule has 0 aliphatic carbocycles. The molecule has 118 valence electrons. The second-order valence-electron chi connectivity index (χ2n) is 4.72. The number of amides is 1. The van der Waals surface area contributed by atoms with Crippen molar-refractivity contribution in [2.45, 2.75) is 13.1 Å². The largest absolute Gasteiger partial charge is 0.476 e. The van der Waals surface area contributed by atoms with Gasteiger partial charge in [-0.15, -0.1) is 22.7 Å². The fraction of sp³-hybridized carbons (Fsp3) is 0.133. The maximum absolute atomic E-state index is 12.3. The molecule has 0 unspecified atom stereocenters. The number of carboxylic acids is 1. The Balaban J connectivity index is 1.64. The molecule has 0 fully saturated rings. The maximum Gasteiger partial charge on any atom is 0.355 e. The first-order chi connectivity index (χ1) is 11.1. The van der Waals surface area contributed by atoms with E-state index < -0.39 is 5.97 Å². The smallest absolute Gasteiger partial charge is 0.355 e. The zero-order valence-electron chi connectivity index (χ0n) is 11.9. The molecule has 0 spiro atoms. The number of nitrogens with zero attached hydrogens (tertiary/aromatic N) is 2. The van der Waals surface area contributed by atoms with Crippen LogP contribution in [-0.2, 0) is 13.1 Å². The SMILES string of the molecule is O=C(O)c1csc(CNC(=O)c2cccn2Cc2cccs2)n1. The number of thiazole rings is 1. The Morgan fingerprint density at radius 2 is 2.13 bits per heavy atom. The normalized spacial score (nSPS) is 10.6. The van der Waals surface area contributed by atoms with Gasteiger partial charge in [0.15, 0.2) is 5.69 Å². The number of aromatic nitrogens is 2. The number of aromatic carboxylic acids is 1. The Morgan fingerprint density at radius 1 is 1.26 bits per heavy atom. The zero-order chi connectivity index (χ0) is 16.2. The van der Waals surface area contributed by atoms with E-state index in [9.17, 15) is 9.59 Å².